The molecular weight excluding hydrogens is 444 g/mol. The van der Waals surface area contributed by atoms with Crippen LogP contribution in [0, 0.1) is 0 Å². The highest BCUT2D eigenvalue weighted by Gasteiger charge is 2.37. The second-order valence-electron chi connectivity index (χ2n) is 8.12. The molecule has 3 aromatic heterocycles. The van der Waals surface area contributed by atoms with Crippen molar-refractivity contribution in [1.29, 1.82) is 0 Å². The Hall–Kier alpha value is -3.50. The van der Waals surface area contributed by atoms with Gasteiger partial charge in [0.15, 0.2) is 5.65 Å². The number of aryl methyl sites for hydroxylation is 1. The Kier molecular flexibility index (Phi) is 5.26. The summed E-state index contributed by atoms with van der Waals surface area (Å²) in [6.07, 6.45) is 5.12. The normalized spacial score (nSPS) is 18.5. The van der Waals surface area contributed by atoms with Crippen molar-refractivity contribution in [2.75, 3.05) is 26.0 Å². The minimum Gasteiger partial charge on any atom is -0.383 e. The molecule has 0 bridgehead atoms. The van der Waals surface area contributed by atoms with Crippen LogP contribution in [0.3, 0.4) is 0 Å². The predicted molar refractivity (Wildman–Crippen MR) is 126 cm³/mol. The fourth-order valence-electron chi connectivity index (χ4n) is 4.57. The van der Waals surface area contributed by atoms with Crippen LogP contribution in [0.1, 0.15) is 12.5 Å². The Morgan fingerprint density at radius 3 is 2.94 bits per heavy atom. The zero-order valence-electron chi connectivity index (χ0n) is 18.3. The van der Waals surface area contributed by atoms with Crippen molar-refractivity contribution in [3.05, 3.63) is 42.5 Å². The third-order valence-corrected chi connectivity index (χ3v) is 6.46. The Morgan fingerprint density at radius 2 is 2.18 bits per heavy atom. The predicted octanol–water partition coefficient (Wildman–Crippen LogP) is 2.59. The number of fused-ring (bicyclic) bond motifs is 2. The van der Waals surface area contributed by atoms with Crippen molar-refractivity contribution in [2.24, 2.45) is 7.05 Å². The van der Waals surface area contributed by atoms with Gasteiger partial charge in [0.1, 0.15) is 17.8 Å². The number of benzene rings is 1. The van der Waals surface area contributed by atoms with E-state index in [0.717, 1.165) is 11.0 Å². The molecule has 4 heterocycles. The average Bonchev–Trinajstić information content (AvgIpc) is 3.49. The van der Waals surface area contributed by atoms with E-state index in [4.69, 9.17) is 27.2 Å². The van der Waals surface area contributed by atoms with Gasteiger partial charge >= 0.3 is 0 Å². The fourth-order valence-corrected chi connectivity index (χ4v) is 4.82. The average molecular weight is 467 g/mol. The summed E-state index contributed by atoms with van der Waals surface area (Å²) < 4.78 is 9.07. The molecule has 170 valence electrons. The Balaban J connectivity index is 1.66. The number of anilines is 1. The van der Waals surface area contributed by atoms with E-state index >= 15 is 0 Å². The molecule has 2 atom stereocenters. The summed E-state index contributed by atoms with van der Waals surface area (Å²) in [6, 6.07) is 3.53. The van der Waals surface area contributed by atoms with Crippen molar-refractivity contribution in [2.45, 2.75) is 18.5 Å². The van der Waals surface area contributed by atoms with E-state index in [1.807, 2.05) is 28.4 Å². The lowest BCUT2D eigenvalue weighted by atomic mass is 10.1. The lowest BCUT2D eigenvalue weighted by Gasteiger charge is -2.22. The van der Waals surface area contributed by atoms with E-state index in [2.05, 4.69) is 21.5 Å². The van der Waals surface area contributed by atoms with E-state index in [1.54, 1.807) is 18.3 Å². The third-order valence-electron chi connectivity index (χ3n) is 6.14. The van der Waals surface area contributed by atoms with Crippen LogP contribution in [-0.2, 0) is 16.6 Å². The first-order valence-electron chi connectivity index (χ1n) is 10.4. The number of halogens is 1. The molecule has 5 rings (SSSR count). The first-order chi connectivity index (χ1) is 15.9. The van der Waals surface area contributed by atoms with E-state index < -0.39 is 0 Å². The van der Waals surface area contributed by atoms with E-state index in [-0.39, 0.29) is 18.0 Å². The molecule has 0 spiro atoms. The molecule has 11 heteroatoms. The first-order valence-corrected chi connectivity index (χ1v) is 10.8. The number of imidazole rings is 1. The van der Waals surface area contributed by atoms with Crippen molar-refractivity contribution >= 4 is 45.4 Å². The number of nitrogen functional groups attached to an aromatic ring is 1. The standard InChI is InChI=1S/C22H23ClN8O2/c1-4-18(32)30-8-12(5-13(30)9-33-3)31-22-19(21(24)25-10-26-22)20(28-31)14-6-16-17(7-15(14)23)29(2)11-27-16/h4,6-7,10-13H,1,5,8-9H2,2-3H3,(H2,24,25,26)/t12-,13+/m0/s1. The number of nitrogens with zero attached hydrogens (tertiary/aromatic N) is 7. The molecule has 0 saturated carbocycles. The zero-order valence-corrected chi connectivity index (χ0v) is 19.0. The Morgan fingerprint density at radius 1 is 1.36 bits per heavy atom. The molecular formula is C22H23ClN8O2. The molecule has 4 aromatic rings. The van der Waals surface area contributed by atoms with Crippen LogP contribution in [-0.4, -0.2) is 66.4 Å². The van der Waals surface area contributed by atoms with Crippen molar-refractivity contribution in [1.82, 2.24) is 34.2 Å². The van der Waals surface area contributed by atoms with Crippen molar-refractivity contribution in [3.8, 4) is 11.3 Å². The summed E-state index contributed by atoms with van der Waals surface area (Å²) in [7, 11) is 3.53. The smallest absolute Gasteiger partial charge is 0.246 e. The molecule has 1 aliphatic heterocycles. The van der Waals surface area contributed by atoms with E-state index in [1.165, 1.54) is 12.4 Å². The van der Waals surface area contributed by atoms with Gasteiger partial charge in [-0.3, -0.25) is 4.79 Å². The highest BCUT2D eigenvalue weighted by atomic mass is 35.5. The Bertz CT molecular complexity index is 1390. The van der Waals surface area contributed by atoms with Gasteiger partial charge in [0, 0.05) is 26.3 Å². The van der Waals surface area contributed by atoms with Crippen LogP contribution in [0.5, 0.6) is 0 Å². The maximum atomic E-state index is 12.4. The van der Waals surface area contributed by atoms with Gasteiger partial charge in [-0.1, -0.05) is 18.2 Å². The second kappa shape index (κ2) is 8.13. The lowest BCUT2D eigenvalue weighted by molar-refractivity contribution is -0.127. The lowest BCUT2D eigenvalue weighted by Crippen LogP contribution is -2.37. The maximum Gasteiger partial charge on any atom is 0.246 e. The van der Waals surface area contributed by atoms with Crippen LogP contribution < -0.4 is 5.73 Å². The number of hydrogen-bond acceptors (Lipinski definition) is 7. The molecule has 2 N–H and O–H groups in total. The molecule has 1 aliphatic rings. The van der Waals surface area contributed by atoms with Gasteiger partial charge in [-0.2, -0.15) is 5.10 Å². The van der Waals surface area contributed by atoms with Gasteiger partial charge < -0.3 is 19.9 Å². The van der Waals surface area contributed by atoms with Crippen molar-refractivity contribution < 1.29 is 9.53 Å². The molecule has 1 saturated heterocycles. The number of rotatable bonds is 5. The molecule has 0 unspecified atom stereocenters. The molecule has 1 amide bonds. The number of likely N-dealkylation sites (tertiary alicyclic amines) is 1. The number of amides is 1. The van der Waals surface area contributed by atoms with E-state index in [9.17, 15) is 4.79 Å². The SMILES string of the molecule is C=CC(=O)N1C[C@@H](n2nc(-c3cc4ncn(C)c4cc3Cl)c3c(N)ncnc32)C[C@@H]1COC. The summed E-state index contributed by atoms with van der Waals surface area (Å²) >= 11 is 6.68. The molecule has 0 aliphatic carbocycles. The fraction of sp³-hybridized carbons (Fsp3) is 0.318. The minimum absolute atomic E-state index is 0.0964. The number of aromatic nitrogens is 6. The summed E-state index contributed by atoms with van der Waals surface area (Å²) in [4.78, 5) is 27.3. The van der Waals surface area contributed by atoms with Crippen LogP contribution in [0.2, 0.25) is 5.02 Å². The summed E-state index contributed by atoms with van der Waals surface area (Å²) in [6.45, 7) is 4.49. The highest BCUT2D eigenvalue weighted by Crippen LogP contribution is 2.39. The van der Waals surface area contributed by atoms with E-state index in [0.29, 0.717) is 52.7 Å². The van der Waals surface area contributed by atoms with Gasteiger partial charge in [-0.25, -0.2) is 19.6 Å². The number of hydrogen-bond donors (Lipinski definition) is 1. The van der Waals surface area contributed by atoms with Crippen molar-refractivity contribution in [3.63, 3.8) is 0 Å². The molecule has 0 radical (unpaired) electrons. The second-order valence-corrected chi connectivity index (χ2v) is 8.53. The van der Waals surface area contributed by atoms with Gasteiger partial charge in [-0.15, -0.1) is 0 Å². The number of methoxy groups -OCH3 is 1. The topological polar surface area (TPSA) is 117 Å². The summed E-state index contributed by atoms with van der Waals surface area (Å²) in [5.41, 5.74) is 9.84. The first kappa shape index (κ1) is 21.4. The maximum absolute atomic E-state index is 12.4. The minimum atomic E-state index is -0.144. The summed E-state index contributed by atoms with van der Waals surface area (Å²) in [5, 5.41) is 6.04. The van der Waals surface area contributed by atoms with Gasteiger partial charge in [0.25, 0.3) is 0 Å². The monoisotopic (exact) mass is 466 g/mol. The highest BCUT2D eigenvalue weighted by molar-refractivity contribution is 6.34. The van der Waals surface area contributed by atoms with Gasteiger partial charge in [0.2, 0.25) is 5.91 Å². The number of ether oxygens (including phenoxy) is 1. The Labute approximate surface area is 194 Å². The molecule has 1 fully saturated rings. The molecule has 10 nitrogen and oxygen atoms in total. The van der Waals surface area contributed by atoms with Crippen LogP contribution >= 0.6 is 11.6 Å². The van der Waals surface area contributed by atoms with Crippen LogP contribution in [0.25, 0.3) is 33.3 Å². The number of carbonyl (C=O) groups is 1. The largest absolute Gasteiger partial charge is 0.383 e. The van der Waals surface area contributed by atoms with Crippen LogP contribution in [0.15, 0.2) is 37.4 Å². The molecule has 1 aromatic carbocycles. The summed E-state index contributed by atoms with van der Waals surface area (Å²) in [5.74, 6) is 0.165. The van der Waals surface area contributed by atoms with Gasteiger partial charge in [0.05, 0.1) is 46.5 Å². The third kappa shape index (κ3) is 3.42. The number of nitrogens with two attached hydrogens (primary N) is 1. The molecule has 33 heavy (non-hydrogen) atoms. The quantitative estimate of drug-likeness (QED) is 0.449. The van der Waals surface area contributed by atoms with Crippen LogP contribution in [0.4, 0.5) is 5.82 Å². The number of carbonyl (C=O) groups excluding carboxylic acids is 1. The van der Waals surface area contributed by atoms with Gasteiger partial charge in [-0.05, 0) is 24.6 Å². The zero-order chi connectivity index (χ0) is 23.3.